The molecule has 1 saturated heterocycles. The highest BCUT2D eigenvalue weighted by molar-refractivity contribution is 5.79. The molecule has 1 aliphatic heterocycles. The van der Waals surface area contributed by atoms with Crippen molar-refractivity contribution in [1.29, 1.82) is 0 Å². The van der Waals surface area contributed by atoms with Crippen molar-refractivity contribution in [3.63, 3.8) is 0 Å². The standard InChI is InChI=1S/C14H12F3N3O2/c15-14(16,17)10-3-1-2-8(4-10)5-11-19-13(22-20-11)9-6-12(21)18-7-9/h1-4,9H,5-7H2,(H,18,21). The lowest BCUT2D eigenvalue weighted by Gasteiger charge is -2.07. The van der Waals surface area contributed by atoms with Gasteiger partial charge in [0, 0.05) is 19.4 Å². The van der Waals surface area contributed by atoms with Crippen LogP contribution in [0.5, 0.6) is 0 Å². The van der Waals surface area contributed by atoms with E-state index in [0.717, 1.165) is 12.1 Å². The van der Waals surface area contributed by atoms with E-state index in [-0.39, 0.29) is 24.7 Å². The first-order valence-electron chi connectivity index (χ1n) is 6.67. The summed E-state index contributed by atoms with van der Waals surface area (Å²) < 4.78 is 43.1. The Kier molecular flexibility index (Phi) is 3.59. The third kappa shape index (κ3) is 3.10. The lowest BCUT2D eigenvalue weighted by atomic mass is 10.1. The van der Waals surface area contributed by atoms with Gasteiger partial charge in [0.05, 0.1) is 11.5 Å². The van der Waals surface area contributed by atoms with Crippen LogP contribution in [0, 0.1) is 0 Å². The van der Waals surface area contributed by atoms with Crippen molar-refractivity contribution in [2.45, 2.75) is 24.9 Å². The van der Waals surface area contributed by atoms with Crippen LogP contribution in [-0.2, 0) is 17.4 Å². The van der Waals surface area contributed by atoms with Crippen molar-refractivity contribution in [3.8, 4) is 0 Å². The summed E-state index contributed by atoms with van der Waals surface area (Å²) in [6, 6.07) is 5.00. The summed E-state index contributed by atoms with van der Waals surface area (Å²) >= 11 is 0. The normalized spacial score (nSPS) is 18.5. The van der Waals surface area contributed by atoms with Crippen molar-refractivity contribution in [2.24, 2.45) is 0 Å². The van der Waals surface area contributed by atoms with Crippen molar-refractivity contribution in [1.82, 2.24) is 15.5 Å². The summed E-state index contributed by atoms with van der Waals surface area (Å²) in [6.45, 7) is 0.435. The summed E-state index contributed by atoms with van der Waals surface area (Å²) in [5, 5.41) is 6.43. The number of nitrogens with zero attached hydrogens (tertiary/aromatic N) is 2. The molecule has 3 rings (SSSR count). The summed E-state index contributed by atoms with van der Waals surface area (Å²) in [5.41, 5.74) is -0.262. The van der Waals surface area contributed by atoms with Crippen LogP contribution < -0.4 is 5.32 Å². The lowest BCUT2D eigenvalue weighted by Crippen LogP contribution is -2.13. The first-order chi connectivity index (χ1) is 10.4. The number of hydrogen-bond donors (Lipinski definition) is 1. The summed E-state index contributed by atoms with van der Waals surface area (Å²) in [7, 11) is 0. The maximum Gasteiger partial charge on any atom is 0.416 e. The molecular weight excluding hydrogens is 299 g/mol. The SMILES string of the molecule is O=C1CC(c2nc(Cc3cccc(C(F)(F)F)c3)no2)CN1. The van der Waals surface area contributed by atoms with E-state index in [9.17, 15) is 18.0 Å². The van der Waals surface area contributed by atoms with Gasteiger partial charge in [-0.15, -0.1) is 0 Å². The van der Waals surface area contributed by atoms with Gasteiger partial charge in [0.1, 0.15) is 0 Å². The first kappa shape index (κ1) is 14.6. The third-order valence-electron chi connectivity index (χ3n) is 3.43. The van der Waals surface area contributed by atoms with E-state index in [1.165, 1.54) is 6.07 Å². The Morgan fingerprint density at radius 1 is 1.36 bits per heavy atom. The zero-order valence-corrected chi connectivity index (χ0v) is 11.4. The first-order valence-corrected chi connectivity index (χ1v) is 6.67. The molecule has 1 amide bonds. The van der Waals surface area contributed by atoms with Gasteiger partial charge < -0.3 is 9.84 Å². The molecule has 5 nitrogen and oxygen atoms in total. The number of hydrogen-bond acceptors (Lipinski definition) is 4. The molecule has 2 heterocycles. The van der Waals surface area contributed by atoms with Crippen LogP contribution >= 0.6 is 0 Å². The van der Waals surface area contributed by atoms with E-state index in [2.05, 4.69) is 15.5 Å². The van der Waals surface area contributed by atoms with Crippen LogP contribution in [0.25, 0.3) is 0 Å². The molecule has 1 unspecified atom stereocenters. The minimum atomic E-state index is -4.38. The van der Waals surface area contributed by atoms with Gasteiger partial charge in [0.2, 0.25) is 11.8 Å². The van der Waals surface area contributed by atoms with Crippen molar-refractivity contribution < 1.29 is 22.5 Å². The molecule has 0 spiro atoms. The fraction of sp³-hybridized carbons (Fsp3) is 0.357. The van der Waals surface area contributed by atoms with Crippen LogP contribution in [0.2, 0.25) is 0 Å². The maximum absolute atomic E-state index is 12.7. The minimum absolute atomic E-state index is 0.0809. The van der Waals surface area contributed by atoms with E-state index in [0.29, 0.717) is 23.8 Å². The molecule has 0 aliphatic carbocycles. The molecule has 0 saturated carbocycles. The average molecular weight is 311 g/mol. The number of benzene rings is 1. The van der Waals surface area contributed by atoms with Crippen LogP contribution in [0.15, 0.2) is 28.8 Å². The second-order valence-electron chi connectivity index (χ2n) is 5.13. The van der Waals surface area contributed by atoms with Gasteiger partial charge in [-0.05, 0) is 11.6 Å². The Morgan fingerprint density at radius 2 is 2.18 bits per heavy atom. The zero-order chi connectivity index (χ0) is 15.7. The van der Waals surface area contributed by atoms with E-state index in [4.69, 9.17) is 4.52 Å². The minimum Gasteiger partial charge on any atom is -0.355 e. The second-order valence-corrected chi connectivity index (χ2v) is 5.13. The average Bonchev–Trinajstić information content (AvgIpc) is 3.07. The molecule has 1 aliphatic rings. The molecular formula is C14H12F3N3O2. The zero-order valence-electron chi connectivity index (χ0n) is 11.4. The van der Waals surface area contributed by atoms with Gasteiger partial charge >= 0.3 is 6.18 Å². The highest BCUT2D eigenvalue weighted by atomic mass is 19.4. The predicted molar refractivity (Wildman–Crippen MR) is 68.9 cm³/mol. The van der Waals surface area contributed by atoms with Gasteiger partial charge in [-0.2, -0.15) is 18.2 Å². The van der Waals surface area contributed by atoms with Crippen LogP contribution in [0.4, 0.5) is 13.2 Å². The van der Waals surface area contributed by atoms with Crippen molar-refractivity contribution >= 4 is 5.91 Å². The Balaban J connectivity index is 1.74. The summed E-state index contributed by atoms with van der Waals surface area (Å²) in [6.07, 6.45) is -3.96. The number of rotatable bonds is 3. The molecule has 116 valence electrons. The van der Waals surface area contributed by atoms with Gasteiger partial charge in [-0.3, -0.25) is 4.79 Å². The van der Waals surface area contributed by atoms with E-state index < -0.39 is 11.7 Å². The van der Waals surface area contributed by atoms with Crippen molar-refractivity contribution in [3.05, 3.63) is 47.1 Å². The van der Waals surface area contributed by atoms with Gasteiger partial charge in [0.25, 0.3) is 0 Å². The van der Waals surface area contributed by atoms with Gasteiger partial charge in [-0.25, -0.2) is 0 Å². The Labute approximate surface area is 123 Å². The quantitative estimate of drug-likeness (QED) is 0.944. The number of carbonyl (C=O) groups excluding carboxylic acids is 1. The molecule has 8 heteroatoms. The van der Waals surface area contributed by atoms with Crippen LogP contribution in [0.3, 0.4) is 0 Å². The van der Waals surface area contributed by atoms with Gasteiger partial charge in [0.15, 0.2) is 5.82 Å². The van der Waals surface area contributed by atoms with E-state index >= 15 is 0 Å². The third-order valence-corrected chi connectivity index (χ3v) is 3.43. The van der Waals surface area contributed by atoms with E-state index in [1.54, 1.807) is 6.07 Å². The Morgan fingerprint density at radius 3 is 2.86 bits per heavy atom. The monoisotopic (exact) mass is 311 g/mol. The molecule has 1 N–H and O–H groups in total. The summed E-state index contributed by atoms with van der Waals surface area (Å²) in [4.78, 5) is 15.3. The fourth-order valence-electron chi connectivity index (χ4n) is 2.33. The topological polar surface area (TPSA) is 68.0 Å². The molecule has 1 atom stereocenters. The number of halogens is 3. The Bertz CT molecular complexity index is 697. The molecule has 0 bridgehead atoms. The number of nitrogens with one attached hydrogen (secondary N) is 1. The molecule has 22 heavy (non-hydrogen) atoms. The van der Waals surface area contributed by atoms with Crippen LogP contribution in [-0.4, -0.2) is 22.6 Å². The number of aromatic nitrogens is 2. The molecule has 1 fully saturated rings. The fourth-order valence-corrected chi connectivity index (χ4v) is 2.33. The second kappa shape index (κ2) is 5.43. The Hall–Kier alpha value is -2.38. The largest absolute Gasteiger partial charge is 0.416 e. The molecule has 1 aromatic carbocycles. The number of amides is 1. The molecule has 2 aromatic rings. The highest BCUT2D eigenvalue weighted by Crippen LogP contribution is 2.30. The highest BCUT2D eigenvalue weighted by Gasteiger charge is 2.31. The van der Waals surface area contributed by atoms with E-state index in [1.807, 2.05) is 0 Å². The molecule has 0 radical (unpaired) electrons. The number of carbonyl (C=O) groups is 1. The smallest absolute Gasteiger partial charge is 0.355 e. The lowest BCUT2D eigenvalue weighted by molar-refractivity contribution is -0.137. The molecule has 1 aromatic heterocycles. The van der Waals surface area contributed by atoms with Crippen molar-refractivity contribution in [2.75, 3.05) is 6.54 Å². The predicted octanol–water partition coefficient (Wildman–Crippen LogP) is 2.28. The van der Waals surface area contributed by atoms with Gasteiger partial charge in [-0.1, -0.05) is 23.4 Å². The maximum atomic E-state index is 12.7. The summed E-state index contributed by atoms with van der Waals surface area (Å²) in [5.74, 6) is 0.381. The van der Waals surface area contributed by atoms with Crippen LogP contribution in [0.1, 0.15) is 35.2 Å². The number of alkyl halides is 3.